The molecule has 1 aromatic rings. The third-order valence-electron chi connectivity index (χ3n) is 2.83. The third-order valence-corrected chi connectivity index (χ3v) is 2.83. The van der Waals surface area contributed by atoms with Crippen LogP contribution < -0.4 is 5.48 Å². The minimum absolute atomic E-state index is 0.790. The van der Waals surface area contributed by atoms with E-state index in [2.05, 4.69) is 30.6 Å². The van der Waals surface area contributed by atoms with Crippen molar-refractivity contribution in [3.8, 4) is 0 Å². The van der Waals surface area contributed by atoms with E-state index in [1.54, 1.807) is 7.11 Å². The highest BCUT2D eigenvalue weighted by Crippen LogP contribution is 2.26. The van der Waals surface area contributed by atoms with Crippen LogP contribution in [-0.2, 0) is 24.2 Å². The van der Waals surface area contributed by atoms with Gasteiger partial charge in [0.25, 0.3) is 0 Å². The van der Waals surface area contributed by atoms with E-state index < -0.39 is 0 Å². The third kappa shape index (κ3) is 1.97. The van der Waals surface area contributed by atoms with Gasteiger partial charge in [-0.15, -0.1) is 0 Å². The summed E-state index contributed by atoms with van der Waals surface area (Å²) < 4.78 is 0. The fourth-order valence-electron chi connectivity index (χ4n) is 2.16. The summed E-state index contributed by atoms with van der Waals surface area (Å²) in [6, 6.07) is 6.74. The van der Waals surface area contributed by atoms with E-state index in [1.807, 2.05) is 0 Å². The normalized spacial score (nSPS) is 19.7. The maximum absolute atomic E-state index is 4.84. The van der Waals surface area contributed by atoms with Crippen LogP contribution in [0.5, 0.6) is 0 Å². The second-order valence-corrected chi connectivity index (χ2v) is 4.14. The van der Waals surface area contributed by atoms with E-state index in [0.717, 1.165) is 12.5 Å². The molecule has 0 radical (unpaired) electrons. The monoisotopic (exact) mass is 191 g/mol. The first-order valence-electron chi connectivity index (χ1n) is 5.16. The Hall–Kier alpha value is -0.860. The van der Waals surface area contributed by atoms with Gasteiger partial charge in [0, 0.05) is 6.54 Å². The van der Waals surface area contributed by atoms with Crippen molar-refractivity contribution in [2.45, 2.75) is 26.3 Å². The van der Waals surface area contributed by atoms with Crippen LogP contribution in [0.3, 0.4) is 0 Å². The van der Waals surface area contributed by atoms with Gasteiger partial charge in [0.2, 0.25) is 0 Å². The molecule has 1 unspecified atom stereocenters. The fraction of sp³-hybridized carbons (Fsp3) is 0.500. The summed E-state index contributed by atoms with van der Waals surface area (Å²) in [6.45, 7) is 3.10. The molecule has 0 aromatic heterocycles. The zero-order chi connectivity index (χ0) is 9.97. The van der Waals surface area contributed by atoms with Crippen molar-refractivity contribution >= 4 is 0 Å². The van der Waals surface area contributed by atoms with Gasteiger partial charge >= 0.3 is 0 Å². The summed E-state index contributed by atoms with van der Waals surface area (Å²) in [4.78, 5) is 4.84. The zero-order valence-corrected chi connectivity index (χ0v) is 8.84. The number of fused-ring (bicyclic) bond motifs is 1. The topological polar surface area (TPSA) is 21.3 Å². The molecule has 1 aliphatic rings. The molecule has 0 amide bonds. The summed E-state index contributed by atoms with van der Waals surface area (Å²) >= 11 is 0. The van der Waals surface area contributed by atoms with Gasteiger partial charge in [-0.25, -0.2) is 0 Å². The lowest BCUT2D eigenvalue weighted by Gasteiger charge is -2.04. The Morgan fingerprint density at radius 3 is 2.93 bits per heavy atom. The first-order valence-corrected chi connectivity index (χ1v) is 5.16. The van der Waals surface area contributed by atoms with Gasteiger partial charge in [-0.05, 0) is 35.4 Å². The molecule has 0 fully saturated rings. The number of rotatable bonds is 3. The van der Waals surface area contributed by atoms with Gasteiger partial charge in [0.1, 0.15) is 0 Å². The SMILES string of the molecule is CONCc1ccc2c(c1)CC(C)C2. The van der Waals surface area contributed by atoms with Crippen LogP contribution in [0.4, 0.5) is 0 Å². The second-order valence-electron chi connectivity index (χ2n) is 4.14. The number of benzene rings is 1. The fourth-order valence-corrected chi connectivity index (χ4v) is 2.16. The van der Waals surface area contributed by atoms with E-state index in [9.17, 15) is 0 Å². The highest BCUT2D eigenvalue weighted by atomic mass is 16.6. The molecule has 1 N–H and O–H groups in total. The Labute approximate surface area is 85.2 Å². The van der Waals surface area contributed by atoms with Crippen molar-refractivity contribution in [2.24, 2.45) is 5.92 Å². The number of nitrogens with one attached hydrogen (secondary N) is 1. The highest BCUT2D eigenvalue weighted by molar-refractivity contribution is 5.35. The molecule has 0 spiro atoms. The van der Waals surface area contributed by atoms with Gasteiger partial charge < -0.3 is 4.84 Å². The van der Waals surface area contributed by atoms with Crippen molar-refractivity contribution in [3.63, 3.8) is 0 Å². The quantitative estimate of drug-likeness (QED) is 0.738. The molecule has 1 aliphatic carbocycles. The molecule has 2 nitrogen and oxygen atoms in total. The molecule has 0 saturated carbocycles. The summed E-state index contributed by atoms with van der Waals surface area (Å²) in [7, 11) is 1.65. The van der Waals surface area contributed by atoms with E-state index >= 15 is 0 Å². The molecule has 76 valence electrons. The minimum Gasteiger partial charge on any atom is -0.305 e. The van der Waals surface area contributed by atoms with Crippen LogP contribution in [0.25, 0.3) is 0 Å². The van der Waals surface area contributed by atoms with Crippen molar-refractivity contribution in [1.29, 1.82) is 0 Å². The smallest absolute Gasteiger partial charge is 0.0572 e. The number of hydrogen-bond donors (Lipinski definition) is 1. The lowest BCUT2D eigenvalue weighted by atomic mass is 10.1. The van der Waals surface area contributed by atoms with Gasteiger partial charge in [-0.1, -0.05) is 25.1 Å². The molecule has 14 heavy (non-hydrogen) atoms. The van der Waals surface area contributed by atoms with E-state index in [1.165, 1.54) is 29.5 Å². The molecule has 1 atom stereocenters. The summed E-state index contributed by atoms with van der Waals surface area (Å²) in [5.41, 5.74) is 7.22. The van der Waals surface area contributed by atoms with Gasteiger partial charge in [0.15, 0.2) is 0 Å². The number of hydroxylamine groups is 1. The van der Waals surface area contributed by atoms with Crippen molar-refractivity contribution in [1.82, 2.24) is 5.48 Å². The van der Waals surface area contributed by atoms with Crippen LogP contribution in [-0.4, -0.2) is 7.11 Å². The number of hydrogen-bond acceptors (Lipinski definition) is 2. The molecule has 0 heterocycles. The van der Waals surface area contributed by atoms with Gasteiger partial charge in [0.05, 0.1) is 7.11 Å². The Morgan fingerprint density at radius 1 is 1.36 bits per heavy atom. The maximum Gasteiger partial charge on any atom is 0.0572 e. The molecule has 1 aromatic carbocycles. The molecular formula is C12H17NO. The van der Waals surface area contributed by atoms with Crippen molar-refractivity contribution in [2.75, 3.05) is 7.11 Å². The summed E-state index contributed by atoms with van der Waals surface area (Å²) in [5.74, 6) is 0.815. The minimum atomic E-state index is 0.790. The average molecular weight is 191 g/mol. The van der Waals surface area contributed by atoms with E-state index in [0.29, 0.717) is 0 Å². The van der Waals surface area contributed by atoms with Crippen LogP contribution >= 0.6 is 0 Å². The Kier molecular flexibility index (Phi) is 2.85. The van der Waals surface area contributed by atoms with Crippen LogP contribution in [0.15, 0.2) is 18.2 Å². The van der Waals surface area contributed by atoms with Crippen LogP contribution in [0.1, 0.15) is 23.6 Å². The lowest BCUT2D eigenvalue weighted by molar-refractivity contribution is 0.0867. The lowest BCUT2D eigenvalue weighted by Crippen LogP contribution is -2.10. The highest BCUT2D eigenvalue weighted by Gasteiger charge is 2.17. The summed E-state index contributed by atoms with van der Waals surface area (Å²) in [6.07, 6.45) is 2.48. The predicted molar refractivity (Wildman–Crippen MR) is 56.9 cm³/mol. The Balaban J connectivity index is 2.12. The van der Waals surface area contributed by atoms with Crippen molar-refractivity contribution in [3.05, 3.63) is 34.9 Å². The largest absolute Gasteiger partial charge is 0.305 e. The maximum atomic E-state index is 4.84. The predicted octanol–water partition coefficient (Wildman–Crippen LogP) is 2.07. The second kappa shape index (κ2) is 4.11. The molecule has 2 heteroatoms. The molecule has 0 aliphatic heterocycles. The average Bonchev–Trinajstić information content (AvgIpc) is 2.54. The molecule has 2 rings (SSSR count). The first-order chi connectivity index (χ1) is 6.79. The van der Waals surface area contributed by atoms with Gasteiger partial charge in [-0.2, -0.15) is 5.48 Å². The van der Waals surface area contributed by atoms with Crippen molar-refractivity contribution < 1.29 is 4.84 Å². The molecule has 0 bridgehead atoms. The van der Waals surface area contributed by atoms with E-state index in [-0.39, 0.29) is 0 Å². The van der Waals surface area contributed by atoms with E-state index in [4.69, 9.17) is 4.84 Å². The first kappa shape index (κ1) is 9.69. The molecular weight excluding hydrogens is 174 g/mol. The zero-order valence-electron chi connectivity index (χ0n) is 8.84. The van der Waals surface area contributed by atoms with Crippen LogP contribution in [0.2, 0.25) is 0 Å². The standard InChI is InChI=1S/C12H17NO/c1-9-5-11-4-3-10(8-13-14-2)7-12(11)6-9/h3-4,7,9,13H,5-6,8H2,1-2H3. The van der Waals surface area contributed by atoms with Crippen LogP contribution in [0, 0.1) is 5.92 Å². The summed E-state index contributed by atoms with van der Waals surface area (Å²) in [5, 5.41) is 0. The Morgan fingerprint density at radius 2 is 2.14 bits per heavy atom. The van der Waals surface area contributed by atoms with Gasteiger partial charge in [-0.3, -0.25) is 0 Å². The Bertz CT molecular complexity index is 322. The molecule has 0 saturated heterocycles.